The van der Waals surface area contributed by atoms with Crippen LogP contribution in [0.4, 0.5) is 11.5 Å². The molecule has 0 spiro atoms. The van der Waals surface area contributed by atoms with E-state index in [4.69, 9.17) is 4.74 Å². The van der Waals surface area contributed by atoms with Crippen molar-refractivity contribution in [3.8, 4) is 5.75 Å². The molecule has 0 atom stereocenters. The normalized spacial score (nSPS) is 14.2. The second-order valence-corrected chi connectivity index (χ2v) is 6.66. The summed E-state index contributed by atoms with van der Waals surface area (Å²) in [6.45, 7) is 2.35. The van der Waals surface area contributed by atoms with Gasteiger partial charge in [-0.25, -0.2) is 4.98 Å². The number of hydrogen-bond acceptors (Lipinski definition) is 6. The second-order valence-electron chi connectivity index (χ2n) is 5.74. The molecule has 2 heterocycles. The lowest BCUT2D eigenvalue weighted by molar-refractivity contribution is -0.385. The Kier molecular flexibility index (Phi) is 5.67. The van der Waals surface area contributed by atoms with Gasteiger partial charge in [0, 0.05) is 36.7 Å². The van der Waals surface area contributed by atoms with Gasteiger partial charge in [0.25, 0.3) is 11.6 Å². The van der Waals surface area contributed by atoms with Gasteiger partial charge in [-0.3, -0.25) is 14.9 Å². The number of carbonyl (C=O) groups is 1. The molecule has 1 aliphatic rings. The van der Waals surface area contributed by atoms with Gasteiger partial charge in [-0.05, 0) is 30.3 Å². The van der Waals surface area contributed by atoms with E-state index in [2.05, 4.69) is 20.9 Å². The van der Waals surface area contributed by atoms with Gasteiger partial charge >= 0.3 is 0 Å². The first-order valence-corrected chi connectivity index (χ1v) is 8.84. The van der Waals surface area contributed by atoms with Crippen LogP contribution in [0.5, 0.6) is 5.75 Å². The molecule has 2 aromatic rings. The van der Waals surface area contributed by atoms with Crippen LogP contribution in [0, 0.1) is 10.1 Å². The van der Waals surface area contributed by atoms with E-state index < -0.39 is 4.92 Å². The van der Waals surface area contributed by atoms with E-state index in [0.29, 0.717) is 37.7 Å². The summed E-state index contributed by atoms with van der Waals surface area (Å²) < 4.78 is 6.47. The van der Waals surface area contributed by atoms with Crippen molar-refractivity contribution in [2.24, 2.45) is 0 Å². The average Bonchev–Trinajstić information content (AvgIpc) is 2.67. The molecule has 0 saturated carbocycles. The highest BCUT2D eigenvalue weighted by Crippen LogP contribution is 2.18. The van der Waals surface area contributed by atoms with Gasteiger partial charge in [0.1, 0.15) is 17.8 Å². The Bertz CT molecular complexity index is 774. The molecule has 0 radical (unpaired) electrons. The largest absolute Gasteiger partial charge is 0.484 e. The number of pyridine rings is 1. The van der Waals surface area contributed by atoms with Crippen LogP contribution in [-0.2, 0) is 4.79 Å². The summed E-state index contributed by atoms with van der Waals surface area (Å²) in [6, 6.07) is 10.4. The number of amides is 1. The SMILES string of the molecule is O=C(COc1ccc(Br)cc1)N1CCN(c2ccc([N+](=O)[O-])cn2)CC1. The van der Waals surface area contributed by atoms with Gasteiger partial charge in [0.2, 0.25) is 0 Å². The molecule has 0 aliphatic carbocycles. The number of hydrogen-bond donors (Lipinski definition) is 0. The molecular weight excluding hydrogens is 404 g/mol. The number of aromatic nitrogens is 1. The topological polar surface area (TPSA) is 88.8 Å². The zero-order valence-electron chi connectivity index (χ0n) is 13.9. The van der Waals surface area contributed by atoms with Crippen LogP contribution in [0.25, 0.3) is 0 Å². The molecule has 1 saturated heterocycles. The molecule has 3 rings (SSSR count). The molecule has 0 bridgehead atoms. The minimum atomic E-state index is -0.473. The first kappa shape index (κ1) is 18.1. The van der Waals surface area contributed by atoms with Crippen molar-refractivity contribution in [1.29, 1.82) is 0 Å². The fourth-order valence-corrected chi connectivity index (χ4v) is 2.89. The third-order valence-electron chi connectivity index (χ3n) is 4.08. The van der Waals surface area contributed by atoms with E-state index in [-0.39, 0.29) is 18.2 Å². The fourth-order valence-electron chi connectivity index (χ4n) is 2.63. The maximum atomic E-state index is 12.3. The van der Waals surface area contributed by atoms with Crippen LogP contribution in [0.3, 0.4) is 0 Å². The molecular formula is C17H17BrN4O4. The number of benzene rings is 1. The van der Waals surface area contributed by atoms with Crippen molar-refractivity contribution in [2.75, 3.05) is 37.7 Å². The van der Waals surface area contributed by atoms with Crippen molar-refractivity contribution in [1.82, 2.24) is 9.88 Å². The summed E-state index contributed by atoms with van der Waals surface area (Å²) >= 11 is 3.35. The monoisotopic (exact) mass is 420 g/mol. The van der Waals surface area contributed by atoms with Crippen molar-refractivity contribution in [3.63, 3.8) is 0 Å². The Hall–Kier alpha value is -2.68. The van der Waals surface area contributed by atoms with E-state index in [1.165, 1.54) is 12.3 Å². The molecule has 0 unspecified atom stereocenters. The second kappa shape index (κ2) is 8.13. The Labute approximate surface area is 158 Å². The Balaban J connectivity index is 1.48. The quantitative estimate of drug-likeness (QED) is 0.545. The minimum Gasteiger partial charge on any atom is -0.484 e. The number of rotatable bonds is 5. The van der Waals surface area contributed by atoms with Gasteiger partial charge in [0.05, 0.1) is 4.92 Å². The van der Waals surface area contributed by atoms with Gasteiger partial charge in [0.15, 0.2) is 6.61 Å². The molecule has 1 aromatic carbocycles. The lowest BCUT2D eigenvalue weighted by atomic mass is 10.3. The van der Waals surface area contributed by atoms with Crippen molar-refractivity contribution in [2.45, 2.75) is 0 Å². The third kappa shape index (κ3) is 4.48. The Morgan fingerprint density at radius 2 is 1.85 bits per heavy atom. The zero-order chi connectivity index (χ0) is 18.5. The molecule has 1 fully saturated rings. The Morgan fingerprint density at radius 3 is 2.42 bits per heavy atom. The van der Waals surface area contributed by atoms with E-state index >= 15 is 0 Å². The molecule has 1 amide bonds. The van der Waals surface area contributed by atoms with Gasteiger partial charge < -0.3 is 14.5 Å². The van der Waals surface area contributed by atoms with Crippen LogP contribution < -0.4 is 9.64 Å². The molecule has 8 nitrogen and oxygen atoms in total. The molecule has 26 heavy (non-hydrogen) atoms. The molecule has 1 aliphatic heterocycles. The zero-order valence-corrected chi connectivity index (χ0v) is 15.5. The van der Waals surface area contributed by atoms with E-state index in [0.717, 1.165) is 4.47 Å². The van der Waals surface area contributed by atoms with Crippen LogP contribution in [0.2, 0.25) is 0 Å². The maximum absolute atomic E-state index is 12.3. The van der Waals surface area contributed by atoms with E-state index in [1.807, 2.05) is 17.0 Å². The van der Waals surface area contributed by atoms with Gasteiger partial charge in [-0.15, -0.1) is 0 Å². The van der Waals surface area contributed by atoms with Gasteiger partial charge in [-0.2, -0.15) is 0 Å². The number of piperazine rings is 1. The minimum absolute atomic E-state index is 0.00257. The van der Waals surface area contributed by atoms with Crippen molar-refractivity contribution < 1.29 is 14.5 Å². The number of nitrogens with zero attached hydrogens (tertiary/aromatic N) is 4. The molecule has 9 heteroatoms. The third-order valence-corrected chi connectivity index (χ3v) is 4.60. The fraction of sp³-hybridized carbons (Fsp3) is 0.294. The smallest absolute Gasteiger partial charge is 0.287 e. The summed E-state index contributed by atoms with van der Waals surface area (Å²) in [5.41, 5.74) is -0.0346. The number of halogens is 1. The first-order valence-electron chi connectivity index (χ1n) is 8.04. The lowest BCUT2D eigenvalue weighted by Crippen LogP contribution is -2.50. The highest BCUT2D eigenvalue weighted by Gasteiger charge is 2.22. The summed E-state index contributed by atoms with van der Waals surface area (Å²) in [7, 11) is 0. The standard InChI is InChI=1S/C17H17BrN4O4/c18-13-1-4-15(5-2-13)26-12-17(23)21-9-7-20(8-10-21)16-6-3-14(11-19-16)22(24)25/h1-6,11H,7-10,12H2. The number of anilines is 1. The van der Waals surface area contributed by atoms with Crippen LogP contribution in [0.1, 0.15) is 0 Å². The molecule has 136 valence electrons. The lowest BCUT2D eigenvalue weighted by Gasteiger charge is -2.35. The van der Waals surface area contributed by atoms with E-state index in [9.17, 15) is 14.9 Å². The number of nitro groups is 1. The highest BCUT2D eigenvalue weighted by atomic mass is 79.9. The molecule has 0 N–H and O–H groups in total. The summed E-state index contributed by atoms with van der Waals surface area (Å²) in [5.74, 6) is 1.26. The Morgan fingerprint density at radius 1 is 1.15 bits per heavy atom. The van der Waals surface area contributed by atoms with Crippen LogP contribution >= 0.6 is 15.9 Å². The van der Waals surface area contributed by atoms with Crippen LogP contribution in [0.15, 0.2) is 47.1 Å². The highest BCUT2D eigenvalue weighted by molar-refractivity contribution is 9.10. The number of ether oxygens (including phenoxy) is 1. The van der Waals surface area contributed by atoms with Crippen molar-refractivity contribution >= 4 is 33.3 Å². The predicted octanol–water partition coefficient (Wildman–Crippen LogP) is 2.48. The van der Waals surface area contributed by atoms with Crippen LogP contribution in [-0.4, -0.2) is 53.5 Å². The molecule has 1 aromatic heterocycles. The summed E-state index contributed by atoms with van der Waals surface area (Å²) in [5, 5.41) is 10.7. The van der Waals surface area contributed by atoms with Crippen molar-refractivity contribution in [3.05, 3.63) is 57.2 Å². The maximum Gasteiger partial charge on any atom is 0.287 e. The average molecular weight is 421 g/mol. The predicted molar refractivity (Wildman–Crippen MR) is 99.3 cm³/mol. The summed E-state index contributed by atoms with van der Waals surface area (Å²) in [6.07, 6.45) is 1.25. The number of carbonyl (C=O) groups excluding carboxylic acids is 1. The summed E-state index contributed by atoms with van der Waals surface area (Å²) in [4.78, 5) is 30.4. The van der Waals surface area contributed by atoms with E-state index in [1.54, 1.807) is 23.1 Å². The first-order chi connectivity index (χ1) is 12.5. The van der Waals surface area contributed by atoms with Gasteiger partial charge in [-0.1, -0.05) is 15.9 Å².